The van der Waals surface area contributed by atoms with Gasteiger partial charge in [0.15, 0.2) is 0 Å². The number of fused-ring (bicyclic) bond motifs is 1. The van der Waals surface area contributed by atoms with Crippen LogP contribution in [0, 0.1) is 0 Å². The van der Waals surface area contributed by atoms with Crippen molar-refractivity contribution in [2.24, 2.45) is 0 Å². The average molecular weight is 295 g/mol. The van der Waals surface area contributed by atoms with Gasteiger partial charge in [-0.1, -0.05) is 30.3 Å². The van der Waals surface area contributed by atoms with Crippen molar-refractivity contribution in [1.82, 2.24) is 9.99 Å². The van der Waals surface area contributed by atoms with Crippen LogP contribution >= 0.6 is 11.3 Å². The molecule has 21 heavy (non-hydrogen) atoms. The Balaban J connectivity index is 1.65. The summed E-state index contributed by atoms with van der Waals surface area (Å²) in [6.07, 6.45) is 2.56. The monoisotopic (exact) mass is 295 g/mol. The minimum atomic E-state index is 1.07. The van der Waals surface area contributed by atoms with Gasteiger partial charge in [-0.05, 0) is 31.0 Å². The van der Waals surface area contributed by atoms with E-state index < -0.39 is 0 Å². The zero-order chi connectivity index (χ0) is 14.1. The fraction of sp³-hybridized carbons (Fsp3) is 0.235. The zero-order valence-corrected chi connectivity index (χ0v) is 12.6. The first-order chi connectivity index (χ1) is 10.4. The van der Waals surface area contributed by atoms with Crippen LogP contribution in [0.2, 0.25) is 0 Å². The van der Waals surface area contributed by atoms with Crippen molar-refractivity contribution in [3.05, 3.63) is 48.5 Å². The van der Waals surface area contributed by atoms with Gasteiger partial charge in [0.25, 0.3) is 0 Å². The molecule has 4 rings (SSSR count). The number of hydrazine groups is 1. The molecular formula is C17H17N3S. The van der Waals surface area contributed by atoms with Gasteiger partial charge in [0, 0.05) is 18.7 Å². The molecule has 0 radical (unpaired) electrons. The van der Waals surface area contributed by atoms with E-state index in [0.29, 0.717) is 0 Å². The molecule has 2 heterocycles. The van der Waals surface area contributed by atoms with Gasteiger partial charge >= 0.3 is 0 Å². The van der Waals surface area contributed by atoms with Crippen LogP contribution in [0.3, 0.4) is 0 Å². The van der Waals surface area contributed by atoms with Crippen molar-refractivity contribution >= 4 is 27.2 Å². The predicted octanol–water partition coefficient (Wildman–Crippen LogP) is 4.39. The summed E-state index contributed by atoms with van der Waals surface area (Å²) >= 11 is 1.75. The normalized spacial score (nSPS) is 15.6. The number of hydrogen-bond acceptors (Lipinski definition) is 4. The minimum Gasteiger partial charge on any atom is -0.319 e. The molecule has 0 atom stereocenters. The highest BCUT2D eigenvalue weighted by Crippen LogP contribution is 2.31. The van der Waals surface area contributed by atoms with Crippen LogP contribution in [-0.2, 0) is 0 Å². The van der Waals surface area contributed by atoms with E-state index in [1.807, 2.05) is 6.07 Å². The van der Waals surface area contributed by atoms with Gasteiger partial charge in [0.2, 0.25) is 0 Å². The maximum atomic E-state index is 4.78. The lowest BCUT2D eigenvalue weighted by Gasteiger charge is -2.17. The van der Waals surface area contributed by atoms with Crippen molar-refractivity contribution in [3.63, 3.8) is 0 Å². The van der Waals surface area contributed by atoms with E-state index in [4.69, 9.17) is 4.98 Å². The molecule has 0 saturated carbocycles. The number of benzene rings is 2. The lowest BCUT2D eigenvalue weighted by molar-refractivity contribution is 0.410. The van der Waals surface area contributed by atoms with Crippen LogP contribution in [0.5, 0.6) is 0 Å². The quantitative estimate of drug-likeness (QED) is 0.777. The average Bonchev–Trinajstić information content (AvgIpc) is 3.17. The number of rotatable bonds is 3. The van der Waals surface area contributed by atoms with E-state index in [1.54, 1.807) is 11.3 Å². The van der Waals surface area contributed by atoms with Gasteiger partial charge in [-0.2, -0.15) is 0 Å². The van der Waals surface area contributed by atoms with E-state index >= 15 is 0 Å². The lowest BCUT2D eigenvalue weighted by Crippen LogP contribution is -2.25. The third kappa shape index (κ3) is 2.64. The maximum absolute atomic E-state index is 4.78. The van der Waals surface area contributed by atoms with E-state index in [9.17, 15) is 0 Å². The van der Waals surface area contributed by atoms with E-state index in [1.165, 1.54) is 23.1 Å². The molecule has 1 aliphatic rings. The Morgan fingerprint density at radius 2 is 1.81 bits per heavy atom. The fourth-order valence-corrected chi connectivity index (χ4v) is 3.66. The Morgan fingerprint density at radius 3 is 2.62 bits per heavy atom. The van der Waals surface area contributed by atoms with Gasteiger partial charge in [-0.15, -0.1) is 11.3 Å². The molecule has 0 unspecified atom stereocenters. The number of aromatic nitrogens is 1. The van der Waals surface area contributed by atoms with Crippen molar-refractivity contribution < 1.29 is 0 Å². The highest BCUT2D eigenvalue weighted by molar-refractivity contribution is 7.21. The first-order valence-electron chi connectivity index (χ1n) is 7.36. The van der Waals surface area contributed by atoms with Crippen molar-refractivity contribution in [1.29, 1.82) is 0 Å². The first kappa shape index (κ1) is 12.8. The molecule has 106 valence electrons. The third-order valence-corrected chi connectivity index (χ3v) is 4.89. The van der Waals surface area contributed by atoms with Gasteiger partial charge in [-0.3, -0.25) is 0 Å². The summed E-state index contributed by atoms with van der Waals surface area (Å²) in [5.74, 6) is 0. The molecule has 4 heteroatoms. The summed E-state index contributed by atoms with van der Waals surface area (Å²) in [4.78, 5) is 4.78. The number of nitrogens with one attached hydrogen (secondary N) is 1. The molecule has 1 aromatic heterocycles. The molecule has 1 aliphatic heterocycles. The molecule has 3 nitrogen and oxygen atoms in total. The van der Waals surface area contributed by atoms with Crippen LogP contribution in [0.4, 0.5) is 5.69 Å². The molecule has 2 aromatic carbocycles. The number of hydrogen-bond donors (Lipinski definition) is 1. The minimum absolute atomic E-state index is 1.07. The molecule has 0 amide bonds. The Morgan fingerprint density at radius 1 is 1.00 bits per heavy atom. The predicted molar refractivity (Wildman–Crippen MR) is 89.5 cm³/mol. The molecular weight excluding hydrogens is 278 g/mol. The molecule has 3 aromatic rings. The summed E-state index contributed by atoms with van der Waals surface area (Å²) in [7, 11) is 0. The number of anilines is 1. The highest BCUT2D eigenvalue weighted by Gasteiger charge is 2.12. The molecule has 0 spiro atoms. The molecule has 0 aliphatic carbocycles. The zero-order valence-electron chi connectivity index (χ0n) is 11.7. The maximum Gasteiger partial charge on any atom is 0.124 e. The van der Waals surface area contributed by atoms with Crippen molar-refractivity contribution in [2.45, 2.75) is 12.8 Å². The molecule has 1 fully saturated rings. The number of nitrogens with zero attached hydrogens (tertiary/aromatic N) is 2. The second kappa shape index (κ2) is 5.47. The molecule has 1 saturated heterocycles. The topological polar surface area (TPSA) is 28.2 Å². The Hall–Kier alpha value is -1.91. The van der Waals surface area contributed by atoms with Gasteiger partial charge in [0.05, 0.1) is 15.9 Å². The van der Waals surface area contributed by atoms with Crippen LogP contribution in [0.1, 0.15) is 12.8 Å². The molecule has 1 N–H and O–H groups in total. The van der Waals surface area contributed by atoms with Crippen LogP contribution < -0.4 is 5.43 Å². The second-order valence-corrected chi connectivity index (χ2v) is 6.40. The Labute approximate surface area is 128 Å². The van der Waals surface area contributed by atoms with Crippen molar-refractivity contribution in [2.75, 3.05) is 18.5 Å². The second-order valence-electron chi connectivity index (χ2n) is 5.37. The smallest absolute Gasteiger partial charge is 0.124 e. The summed E-state index contributed by atoms with van der Waals surface area (Å²) in [6, 6.07) is 16.8. The van der Waals surface area contributed by atoms with E-state index in [2.05, 4.69) is 52.9 Å². The summed E-state index contributed by atoms with van der Waals surface area (Å²) in [5.41, 5.74) is 6.87. The van der Waals surface area contributed by atoms with Gasteiger partial charge < -0.3 is 5.43 Å². The Bertz CT molecular complexity index is 745. The van der Waals surface area contributed by atoms with Crippen LogP contribution in [-0.4, -0.2) is 23.1 Å². The summed E-state index contributed by atoms with van der Waals surface area (Å²) in [6.45, 7) is 2.26. The Kier molecular flexibility index (Phi) is 3.33. The number of thiazole rings is 1. The SMILES string of the molecule is c1ccc(-c2nc3cc(NN4CCCC4)ccc3s2)cc1. The summed E-state index contributed by atoms with van der Waals surface area (Å²) < 4.78 is 1.24. The third-order valence-electron chi connectivity index (χ3n) is 3.80. The standard InChI is InChI=1S/C17H17N3S/c1-2-6-13(7-3-1)17-18-15-12-14(8-9-16(15)21-17)19-20-10-4-5-11-20/h1-3,6-9,12,19H,4-5,10-11H2. The van der Waals surface area contributed by atoms with E-state index in [0.717, 1.165) is 29.3 Å². The van der Waals surface area contributed by atoms with Crippen LogP contribution in [0.25, 0.3) is 20.8 Å². The fourth-order valence-electron chi connectivity index (χ4n) is 2.71. The van der Waals surface area contributed by atoms with E-state index in [-0.39, 0.29) is 0 Å². The molecule has 0 bridgehead atoms. The van der Waals surface area contributed by atoms with Crippen molar-refractivity contribution in [3.8, 4) is 10.6 Å². The summed E-state index contributed by atoms with van der Waals surface area (Å²) in [5, 5.41) is 3.37. The lowest BCUT2D eigenvalue weighted by atomic mass is 10.2. The van der Waals surface area contributed by atoms with Crippen LogP contribution in [0.15, 0.2) is 48.5 Å². The largest absolute Gasteiger partial charge is 0.319 e. The van der Waals surface area contributed by atoms with Gasteiger partial charge in [0.1, 0.15) is 5.01 Å². The first-order valence-corrected chi connectivity index (χ1v) is 8.18. The highest BCUT2D eigenvalue weighted by atomic mass is 32.1. The van der Waals surface area contributed by atoms with Gasteiger partial charge in [-0.25, -0.2) is 9.99 Å².